The van der Waals surface area contributed by atoms with Crippen LogP contribution in [0.3, 0.4) is 0 Å². The Bertz CT molecular complexity index is 1300. The summed E-state index contributed by atoms with van der Waals surface area (Å²) in [4.78, 5) is 13.6. The predicted molar refractivity (Wildman–Crippen MR) is 123 cm³/mol. The Kier molecular flexibility index (Phi) is 4.85. The minimum absolute atomic E-state index is 0.124. The number of esters is 1. The number of fused-ring (bicyclic) bond motifs is 2. The molecule has 0 saturated carbocycles. The Morgan fingerprint density at radius 3 is 1.65 bits per heavy atom. The zero-order chi connectivity index (χ0) is 21.2. The van der Waals surface area contributed by atoms with Gasteiger partial charge in [0.05, 0.1) is 0 Å². The molecule has 150 valence electrons. The van der Waals surface area contributed by atoms with Gasteiger partial charge in [0.2, 0.25) is 0 Å². The summed E-state index contributed by atoms with van der Waals surface area (Å²) in [5.74, 6) is -0.447. The molecule has 0 spiro atoms. The van der Waals surface area contributed by atoms with Crippen molar-refractivity contribution < 1.29 is 14.6 Å². The van der Waals surface area contributed by atoms with Gasteiger partial charge in [0.25, 0.3) is 0 Å². The summed E-state index contributed by atoms with van der Waals surface area (Å²) in [6.07, 6.45) is 0. The van der Waals surface area contributed by atoms with Gasteiger partial charge in [-0.2, -0.15) is 0 Å². The Hall–Kier alpha value is -4.11. The monoisotopic (exact) mass is 404 g/mol. The van der Waals surface area contributed by atoms with Crippen molar-refractivity contribution in [3.63, 3.8) is 0 Å². The van der Waals surface area contributed by atoms with E-state index in [2.05, 4.69) is 0 Å². The molecule has 5 rings (SSSR count). The van der Waals surface area contributed by atoms with E-state index in [-0.39, 0.29) is 11.7 Å². The van der Waals surface area contributed by atoms with Crippen molar-refractivity contribution in [1.29, 1.82) is 0 Å². The van der Waals surface area contributed by atoms with Gasteiger partial charge >= 0.3 is 5.97 Å². The van der Waals surface area contributed by atoms with Gasteiger partial charge in [0, 0.05) is 0 Å². The number of rotatable bonds is 4. The summed E-state index contributed by atoms with van der Waals surface area (Å²) in [5.41, 5.74) is 1.80. The average Bonchev–Trinajstić information content (AvgIpc) is 2.81. The van der Waals surface area contributed by atoms with Crippen molar-refractivity contribution in [3.8, 4) is 11.5 Å². The lowest BCUT2D eigenvalue weighted by Gasteiger charge is -2.20. The fraction of sp³-hybridized carbons (Fsp3) is 0.0357. The number of hydrogen-bond acceptors (Lipinski definition) is 3. The maximum Gasteiger partial charge on any atom is 0.323 e. The third-order valence-corrected chi connectivity index (χ3v) is 5.56. The average molecular weight is 404 g/mol. The molecule has 1 N–H and O–H groups in total. The lowest BCUT2D eigenvalue weighted by atomic mass is 9.85. The Morgan fingerprint density at radius 2 is 1.10 bits per heavy atom. The van der Waals surface area contributed by atoms with Crippen molar-refractivity contribution in [3.05, 3.63) is 120 Å². The van der Waals surface area contributed by atoms with Crippen LogP contribution in [-0.2, 0) is 4.79 Å². The number of aromatic hydroxyl groups is 1. The second-order valence-corrected chi connectivity index (χ2v) is 7.48. The van der Waals surface area contributed by atoms with Gasteiger partial charge in [0.1, 0.15) is 17.4 Å². The fourth-order valence-electron chi connectivity index (χ4n) is 4.12. The first-order valence-electron chi connectivity index (χ1n) is 10.2. The largest absolute Gasteiger partial charge is 0.508 e. The molecule has 0 unspecified atom stereocenters. The molecule has 0 aliphatic heterocycles. The molecule has 0 fully saturated rings. The number of carbonyl (C=O) groups excluding carboxylic acids is 1. The fourth-order valence-corrected chi connectivity index (χ4v) is 4.12. The zero-order valence-corrected chi connectivity index (χ0v) is 16.7. The van der Waals surface area contributed by atoms with Crippen LogP contribution in [0.2, 0.25) is 0 Å². The molecule has 0 amide bonds. The second-order valence-electron chi connectivity index (χ2n) is 7.48. The summed E-state index contributed by atoms with van der Waals surface area (Å²) < 4.78 is 5.79. The standard InChI is InChI=1S/C28H20O3/c29-21-15-17-22(18-16-21)31-28(30)27(25-13-5-9-19-7-1-3-11-23(19)25)26-14-6-10-20-8-2-4-12-24(20)26/h1-18,27,29H. The van der Waals surface area contributed by atoms with Crippen LogP contribution >= 0.6 is 0 Å². The molecule has 3 nitrogen and oxygen atoms in total. The molecule has 0 atom stereocenters. The molecule has 5 aromatic carbocycles. The molecule has 0 heterocycles. The van der Waals surface area contributed by atoms with Crippen molar-refractivity contribution >= 4 is 27.5 Å². The second kappa shape index (κ2) is 7.96. The van der Waals surface area contributed by atoms with Crippen LogP contribution in [-0.4, -0.2) is 11.1 Å². The molecule has 3 heteroatoms. The minimum Gasteiger partial charge on any atom is -0.508 e. The molecule has 0 aliphatic rings. The highest BCUT2D eigenvalue weighted by atomic mass is 16.5. The summed E-state index contributed by atoms with van der Waals surface area (Å²) in [6.45, 7) is 0. The molecule has 0 bridgehead atoms. The third kappa shape index (κ3) is 3.62. The molecule has 0 aromatic heterocycles. The first kappa shape index (κ1) is 18.9. The van der Waals surface area contributed by atoms with Gasteiger partial charge in [-0.3, -0.25) is 4.79 Å². The van der Waals surface area contributed by atoms with Gasteiger partial charge < -0.3 is 9.84 Å². The van der Waals surface area contributed by atoms with Gasteiger partial charge in [-0.15, -0.1) is 0 Å². The van der Waals surface area contributed by atoms with Crippen molar-refractivity contribution in [2.45, 2.75) is 5.92 Å². The summed E-state index contributed by atoms with van der Waals surface area (Å²) in [6, 6.07) is 34.4. The molecular weight excluding hydrogens is 384 g/mol. The van der Waals surface area contributed by atoms with E-state index in [0.717, 1.165) is 32.7 Å². The first-order valence-corrected chi connectivity index (χ1v) is 10.2. The molecular formula is C28H20O3. The molecule has 31 heavy (non-hydrogen) atoms. The Balaban J connectivity index is 1.70. The van der Waals surface area contributed by atoms with Gasteiger partial charge in [-0.05, 0) is 56.9 Å². The van der Waals surface area contributed by atoms with Crippen LogP contribution in [0.15, 0.2) is 109 Å². The van der Waals surface area contributed by atoms with E-state index in [9.17, 15) is 9.90 Å². The normalized spacial score (nSPS) is 11.1. The number of phenols is 1. The number of hydrogen-bond donors (Lipinski definition) is 1. The van der Waals surface area contributed by atoms with Crippen LogP contribution in [0.25, 0.3) is 21.5 Å². The lowest BCUT2D eigenvalue weighted by Crippen LogP contribution is -2.20. The van der Waals surface area contributed by atoms with Crippen molar-refractivity contribution in [2.75, 3.05) is 0 Å². The molecule has 0 radical (unpaired) electrons. The number of ether oxygens (including phenoxy) is 1. The van der Waals surface area contributed by atoms with Gasteiger partial charge in [-0.1, -0.05) is 84.9 Å². The summed E-state index contributed by atoms with van der Waals surface area (Å²) in [7, 11) is 0. The summed E-state index contributed by atoms with van der Waals surface area (Å²) >= 11 is 0. The lowest BCUT2D eigenvalue weighted by molar-refractivity contribution is -0.135. The topological polar surface area (TPSA) is 46.5 Å². The van der Waals surface area contributed by atoms with E-state index in [0.29, 0.717) is 5.75 Å². The van der Waals surface area contributed by atoms with Crippen LogP contribution < -0.4 is 4.74 Å². The van der Waals surface area contributed by atoms with Crippen LogP contribution in [0, 0.1) is 0 Å². The van der Waals surface area contributed by atoms with E-state index in [1.54, 1.807) is 12.1 Å². The predicted octanol–water partition coefficient (Wildman–Crippen LogP) is 6.44. The van der Waals surface area contributed by atoms with Crippen molar-refractivity contribution in [2.24, 2.45) is 0 Å². The van der Waals surface area contributed by atoms with E-state index in [1.165, 1.54) is 12.1 Å². The molecule has 0 aliphatic carbocycles. The van der Waals surface area contributed by atoms with Crippen LogP contribution in [0.5, 0.6) is 11.5 Å². The highest BCUT2D eigenvalue weighted by molar-refractivity contribution is 5.98. The minimum atomic E-state index is -0.606. The van der Waals surface area contributed by atoms with Crippen LogP contribution in [0.1, 0.15) is 17.0 Å². The maximum absolute atomic E-state index is 13.6. The van der Waals surface area contributed by atoms with E-state index < -0.39 is 5.92 Å². The SMILES string of the molecule is O=C(Oc1ccc(O)cc1)C(c1cccc2ccccc12)c1cccc2ccccc12. The highest BCUT2D eigenvalue weighted by Gasteiger charge is 2.28. The van der Waals surface area contributed by atoms with Crippen molar-refractivity contribution in [1.82, 2.24) is 0 Å². The van der Waals surface area contributed by atoms with Gasteiger partial charge in [-0.25, -0.2) is 0 Å². The molecule has 0 saturated heterocycles. The number of benzene rings is 5. The van der Waals surface area contributed by atoms with E-state index >= 15 is 0 Å². The van der Waals surface area contributed by atoms with Crippen LogP contribution in [0.4, 0.5) is 0 Å². The Labute approximate surface area is 180 Å². The maximum atomic E-state index is 13.6. The summed E-state index contributed by atoms with van der Waals surface area (Å²) in [5, 5.41) is 13.7. The van der Waals surface area contributed by atoms with E-state index in [4.69, 9.17) is 4.74 Å². The highest BCUT2D eigenvalue weighted by Crippen LogP contribution is 2.36. The molecule has 5 aromatic rings. The van der Waals surface area contributed by atoms with E-state index in [1.807, 2.05) is 84.9 Å². The Morgan fingerprint density at radius 1 is 0.613 bits per heavy atom. The smallest absolute Gasteiger partial charge is 0.323 e. The first-order chi connectivity index (χ1) is 15.2. The quantitative estimate of drug-likeness (QED) is 0.277. The third-order valence-electron chi connectivity index (χ3n) is 5.56. The number of phenolic OH excluding ortho intramolecular Hbond substituents is 1. The van der Waals surface area contributed by atoms with Gasteiger partial charge in [0.15, 0.2) is 0 Å². The number of carbonyl (C=O) groups is 1. The zero-order valence-electron chi connectivity index (χ0n) is 16.7.